The lowest BCUT2D eigenvalue weighted by Crippen LogP contribution is -2.12. The zero-order valence-electron chi connectivity index (χ0n) is 8.13. The number of carbonyl (C=O) groups excluding carboxylic acids is 1. The van der Waals surface area contributed by atoms with Crippen molar-refractivity contribution in [2.45, 2.75) is 13.3 Å². The average Bonchev–Trinajstić information content (AvgIpc) is 2.23. The van der Waals surface area contributed by atoms with Crippen LogP contribution in [0.4, 0.5) is 4.39 Å². The van der Waals surface area contributed by atoms with E-state index < -0.39 is 17.5 Å². The molecule has 1 rings (SSSR count). The van der Waals surface area contributed by atoms with E-state index in [4.69, 9.17) is 16.9 Å². The summed E-state index contributed by atoms with van der Waals surface area (Å²) in [6, 6.07) is 5.86. The zero-order valence-corrected chi connectivity index (χ0v) is 8.88. The maximum atomic E-state index is 13.0. The van der Waals surface area contributed by atoms with Gasteiger partial charge in [0.25, 0.3) is 0 Å². The molecule has 0 saturated heterocycles. The van der Waals surface area contributed by atoms with Crippen LogP contribution in [0.3, 0.4) is 0 Å². The lowest BCUT2D eigenvalue weighted by atomic mass is 9.96. The van der Waals surface area contributed by atoms with Gasteiger partial charge in [-0.05, 0) is 18.6 Å². The third-order valence-electron chi connectivity index (χ3n) is 2.10. The summed E-state index contributed by atoms with van der Waals surface area (Å²) in [4.78, 5) is 11.7. The minimum Gasteiger partial charge on any atom is -0.293 e. The van der Waals surface area contributed by atoms with Gasteiger partial charge in [-0.25, -0.2) is 4.39 Å². The summed E-state index contributed by atoms with van der Waals surface area (Å²) >= 11 is 5.64. The molecular formula is C11H9ClFNO. The van der Waals surface area contributed by atoms with Crippen molar-refractivity contribution in [1.82, 2.24) is 0 Å². The molecule has 78 valence electrons. The first-order valence-electron chi connectivity index (χ1n) is 4.49. The van der Waals surface area contributed by atoms with Crippen LogP contribution in [0, 0.1) is 23.1 Å². The van der Waals surface area contributed by atoms with Crippen LogP contribution in [0.5, 0.6) is 0 Å². The lowest BCUT2D eigenvalue weighted by Gasteiger charge is -2.07. The van der Waals surface area contributed by atoms with Crippen LogP contribution in [-0.2, 0) is 0 Å². The van der Waals surface area contributed by atoms with E-state index in [9.17, 15) is 9.18 Å². The third kappa shape index (κ3) is 2.34. The van der Waals surface area contributed by atoms with Crippen molar-refractivity contribution >= 4 is 17.4 Å². The Morgan fingerprint density at radius 2 is 2.33 bits per heavy atom. The minimum atomic E-state index is -0.760. The number of Topliss-reactive ketones (excluding diaryl/α,β-unsaturated/α-hetero) is 1. The van der Waals surface area contributed by atoms with Gasteiger partial charge in [0.15, 0.2) is 5.78 Å². The van der Waals surface area contributed by atoms with Crippen molar-refractivity contribution in [3.8, 4) is 6.07 Å². The van der Waals surface area contributed by atoms with Gasteiger partial charge in [-0.2, -0.15) is 5.26 Å². The Morgan fingerprint density at radius 3 is 2.87 bits per heavy atom. The summed E-state index contributed by atoms with van der Waals surface area (Å²) in [5.74, 6) is -1.83. The van der Waals surface area contributed by atoms with E-state index in [-0.39, 0.29) is 10.6 Å². The number of benzene rings is 1. The van der Waals surface area contributed by atoms with Gasteiger partial charge in [-0.1, -0.05) is 24.6 Å². The molecule has 15 heavy (non-hydrogen) atoms. The largest absolute Gasteiger partial charge is 0.293 e. The third-order valence-corrected chi connectivity index (χ3v) is 2.48. The Bertz CT molecular complexity index is 425. The molecule has 0 aliphatic heterocycles. The standard InChI is InChI=1S/C11H9ClFNO/c1-2-7(6-14)11(15)8-4-3-5-9(13)10(8)12/h3-5,7H,2H2,1H3. The highest BCUT2D eigenvalue weighted by molar-refractivity contribution is 6.34. The molecule has 0 aliphatic carbocycles. The summed E-state index contributed by atoms with van der Waals surface area (Å²) < 4.78 is 13.0. The molecule has 0 fully saturated rings. The molecule has 1 aromatic rings. The highest BCUT2D eigenvalue weighted by atomic mass is 35.5. The highest BCUT2D eigenvalue weighted by Gasteiger charge is 2.21. The van der Waals surface area contributed by atoms with E-state index in [0.29, 0.717) is 6.42 Å². The summed E-state index contributed by atoms with van der Waals surface area (Å²) in [6.07, 6.45) is 0.391. The number of rotatable bonds is 3. The molecule has 0 radical (unpaired) electrons. The maximum Gasteiger partial charge on any atom is 0.181 e. The Morgan fingerprint density at radius 1 is 1.67 bits per heavy atom. The van der Waals surface area contributed by atoms with Crippen molar-refractivity contribution in [1.29, 1.82) is 5.26 Å². The van der Waals surface area contributed by atoms with E-state index in [2.05, 4.69) is 0 Å². The quantitative estimate of drug-likeness (QED) is 0.741. The second-order valence-electron chi connectivity index (χ2n) is 3.06. The molecule has 0 bridgehead atoms. The summed E-state index contributed by atoms with van der Waals surface area (Å²) in [6.45, 7) is 1.72. The first-order chi connectivity index (χ1) is 7.11. The van der Waals surface area contributed by atoms with E-state index >= 15 is 0 Å². The molecule has 0 aromatic heterocycles. The van der Waals surface area contributed by atoms with Crippen LogP contribution >= 0.6 is 11.6 Å². The molecule has 0 amide bonds. The topological polar surface area (TPSA) is 40.9 Å². The number of ketones is 1. The van der Waals surface area contributed by atoms with E-state index in [1.807, 2.05) is 6.07 Å². The fourth-order valence-electron chi connectivity index (χ4n) is 1.22. The highest BCUT2D eigenvalue weighted by Crippen LogP contribution is 2.23. The molecule has 1 atom stereocenters. The number of halogens is 2. The zero-order chi connectivity index (χ0) is 11.4. The van der Waals surface area contributed by atoms with Crippen LogP contribution in [-0.4, -0.2) is 5.78 Å². The van der Waals surface area contributed by atoms with Gasteiger partial charge in [-0.3, -0.25) is 4.79 Å². The molecular weight excluding hydrogens is 217 g/mol. The molecule has 0 aliphatic rings. The minimum absolute atomic E-state index is 0.0741. The van der Waals surface area contributed by atoms with E-state index in [1.54, 1.807) is 6.92 Å². The number of nitriles is 1. The molecule has 0 saturated carbocycles. The van der Waals surface area contributed by atoms with Crippen molar-refractivity contribution < 1.29 is 9.18 Å². The number of nitrogens with zero attached hydrogens (tertiary/aromatic N) is 1. The number of hydrogen-bond acceptors (Lipinski definition) is 2. The van der Waals surface area contributed by atoms with Crippen molar-refractivity contribution in [2.24, 2.45) is 5.92 Å². The van der Waals surface area contributed by atoms with E-state index in [1.165, 1.54) is 18.2 Å². The Kier molecular flexibility index (Phi) is 3.81. The Hall–Kier alpha value is -1.40. The SMILES string of the molecule is CCC(C#N)C(=O)c1cccc(F)c1Cl. The molecule has 0 N–H and O–H groups in total. The van der Waals surface area contributed by atoms with Crippen molar-refractivity contribution in [3.63, 3.8) is 0 Å². The monoisotopic (exact) mass is 225 g/mol. The number of hydrogen-bond donors (Lipinski definition) is 0. The number of carbonyl (C=O) groups is 1. The molecule has 1 unspecified atom stereocenters. The fourth-order valence-corrected chi connectivity index (χ4v) is 1.44. The second-order valence-corrected chi connectivity index (χ2v) is 3.43. The summed E-state index contributed by atoms with van der Waals surface area (Å²) in [7, 11) is 0. The molecule has 1 aromatic carbocycles. The van der Waals surface area contributed by atoms with Crippen LogP contribution in [0.2, 0.25) is 5.02 Å². The van der Waals surface area contributed by atoms with Crippen LogP contribution < -0.4 is 0 Å². The predicted octanol–water partition coefficient (Wildman–Crippen LogP) is 3.21. The first-order valence-corrected chi connectivity index (χ1v) is 4.87. The van der Waals surface area contributed by atoms with Gasteiger partial charge in [0.2, 0.25) is 0 Å². The predicted molar refractivity (Wildman–Crippen MR) is 55.1 cm³/mol. The summed E-state index contributed by atoms with van der Waals surface area (Å²) in [5.41, 5.74) is 0.0741. The fraction of sp³-hybridized carbons (Fsp3) is 0.273. The average molecular weight is 226 g/mol. The van der Waals surface area contributed by atoms with E-state index in [0.717, 1.165) is 0 Å². The van der Waals surface area contributed by atoms with Gasteiger partial charge in [0.1, 0.15) is 11.7 Å². The van der Waals surface area contributed by atoms with Gasteiger partial charge >= 0.3 is 0 Å². The maximum absolute atomic E-state index is 13.0. The van der Waals surface area contributed by atoms with Crippen LogP contribution in [0.25, 0.3) is 0 Å². The van der Waals surface area contributed by atoms with Crippen LogP contribution in [0.15, 0.2) is 18.2 Å². The lowest BCUT2D eigenvalue weighted by molar-refractivity contribution is 0.0946. The molecule has 0 spiro atoms. The molecule has 0 heterocycles. The van der Waals surface area contributed by atoms with Crippen molar-refractivity contribution in [2.75, 3.05) is 0 Å². The van der Waals surface area contributed by atoms with Gasteiger partial charge in [0.05, 0.1) is 11.1 Å². The van der Waals surface area contributed by atoms with Gasteiger partial charge in [-0.15, -0.1) is 0 Å². The van der Waals surface area contributed by atoms with Crippen molar-refractivity contribution in [3.05, 3.63) is 34.6 Å². The molecule has 2 nitrogen and oxygen atoms in total. The Labute approximate surface area is 92.3 Å². The smallest absolute Gasteiger partial charge is 0.181 e. The first kappa shape index (κ1) is 11.7. The summed E-state index contributed by atoms with van der Waals surface area (Å²) in [5, 5.41) is 8.50. The van der Waals surface area contributed by atoms with Crippen LogP contribution in [0.1, 0.15) is 23.7 Å². The molecule has 4 heteroatoms. The van der Waals surface area contributed by atoms with Gasteiger partial charge in [0, 0.05) is 5.56 Å². The normalized spacial score (nSPS) is 11.9. The van der Waals surface area contributed by atoms with Gasteiger partial charge < -0.3 is 0 Å². The second kappa shape index (κ2) is 4.90. The Balaban J connectivity index is 3.13.